The molecule has 0 spiro atoms. The number of halogens is 2. The molecule has 1 aromatic rings. The molecule has 0 fully saturated rings. The number of carboxylic acids is 1. The lowest BCUT2D eigenvalue weighted by atomic mass is 10.2. The number of nitrogens with zero attached hydrogens (tertiary/aromatic N) is 1. The number of carboxylic acid groups (broad SMARTS) is 1. The summed E-state index contributed by atoms with van der Waals surface area (Å²) in [6.07, 6.45) is 0. The third kappa shape index (κ3) is 3.74. The van der Waals surface area contributed by atoms with E-state index in [1.807, 2.05) is 0 Å². The Labute approximate surface area is 119 Å². The minimum atomic E-state index is -3.86. The summed E-state index contributed by atoms with van der Waals surface area (Å²) < 4.78 is 38.4. The van der Waals surface area contributed by atoms with E-state index >= 15 is 0 Å². The largest absolute Gasteiger partial charge is 0.481 e. The van der Waals surface area contributed by atoms with Crippen LogP contribution in [0.15, 0.2) is 27.6 Å². The van der Waals surface area contributed by atoms with Crippen molar-refractivity contribution < 1.29 is 22.7 Å². The van der Waals surface area contributed by atoms with Gasteiger partial charge >= 0.3 is 5.97 Å². The molecule has 5 nitrogen and oxygen atoms in total. The second-order valence-corrected chi connectivity index (χ2v) is 6.97. The Morgan fingerprint density at radius 1 is 1.53 bits per heavy atom. The highest BCUT2D eigenvalue weighted by atomic mass is 79.9. The average molecular weight is 354 g/mol. The van der Waals surface area contributed by atoms with Crippen LogP contribution in [-0.4, -0.2) is 37.4 Å². The molecule has 0 aliphatic heterocycles. The Morgan fingerprint density at radius 3 is 2.58 bits per heavy atom. The lowest BCUT2D eigenvalue weighted by molar-refractivity contribution is -0.141. The van der Waals surface area contributed by atoms with Gasteiger partial charge in [0.15, 0.2) is 0 Å². The van der Waals surface area contributed by atoms with Crippen molar-refractivity contribution in [3.05, 3.63) is 28.5 Å². The van der Waals surface area contributed by atoms with Crippen molar-refractivity contribution in [3.63, 3.8) is 0 Å². The molecule has 0 aliphatic carbocycles. The Bertz CT molecular complexity index is 590. The van der Waals surface area contributed by atoms with E-state index in [4.69, 9.17) is 5.11 Å². The standard InChI is InChI=1S/C11H13BrFNO4S/c1-7(11(15)16)6-14(2)19(17,18)10-4-3-8(13)5-9(10)12/h3-5,7H,6H2,1-2H3,(H,15,16). The SMILES string of the molecule is CC(CN(C)S(=O)(=O)c1ccc(F)cc1Br)C(=O)O. The number of hydrogen-bond donors (Lipinski definition) is 1. The smallest absolute Gasteiger partial charge is 0.307 e. The zero-order chi connectivity index (χ0) is 14.8. The topological polar surface area (TPSA) is 74.7 Å². The van der Waals surface area contributed by atoms with Gasteiger partial charge in [-0.25, -0.2) is 17.1 Å². The highest BCUT2D eigenvalue weighted by Gasteiger charge is 2.26. The van der Waals surface area contributed by atoms with E-state index in [-0.39, 0.29) is 15.9 Å². The van der Waals surface area contributed by atoms with Gasteiger partial charge in [0.2, 0.25) is 10.0 Å². The molecule has 0 heterocycles. The van der Waals surface area contributed by atoms with E-state index in [2.05, 4.69) is 15.9 Å². The predicted octanol–water partition coefficient (Wildman–Crippen LogP) is 1.93. The molecule has 1 rings (SSSR count). The average Bonchev–Trinajstić information content (AvgIpc) is 2.27. The second kappa shape index (κ2) is 5.98. The van der Waals surface area contributed by atoms with Gasteiger partial charge in [-0.2, -0.15) is 0 Å². The first-order valence-corrected chi connectivity index (χ1v) is 7.53. The van der Waals surface area contributed by atoms with Crippen molar-refractivity contribution in [1.29, 1.82) is 0 Å². The predicted molar refractivity (Wildman–Crippen MR) is 70.7 cm³/mol. The highest BCUT2D eigenvalue weighted by molar-refractivity contribution is 9.10. The van der Waals surface area contributed by atoms with Crippen molar-refractivity contribution in [1.82, 2.24) is 4.31 Å². The van der Waals surface area contributed by atoms with Gasteiger partial charge in [0.1, 0.15) is 5.82 Å². The summed E-state index contributed by atoms with van der Waals surface area (Å²) in [7, 11) is -2.58. The van der Waals surface area contributed by atoms with Crippen LogP contribution in [0.2, 0.25) is 0 Å². The van der Waals surface area contributed by atoms with Gasteiger partial charge in [0, 0.05) is 18.1 Å². The number of rotatable bonds is 5. The molecule has 0 aliphatic rings. The van der Waals surface area contributed by atoms with E-state index < -0.39 is 27.7 Å². The highest BCUT2D eigenvalue weighted by Crippen LogP contribution is 2.25. The first-order chi connectivity index (χ1) is 8.66. The first-order valence-electron chi connectivity index (χ1n) is 5.30. The molecule has 0 saturated carbocycles. The summed E-state index contributed by atoms with van der Waals surface area (Å²) in [4.78, 5) is 10.6. The van der Waals surface area contributed by atoms with Crippen molar-refractivity contribution in [2.45, 2.75) is 11.8 Å². The zero-order valence-corrected chi connectivity index (χ0v) is 12.7. The van der Waals surface area contributed by atoms with E-state index in [9.17, 15) is 17.6 Å². The summed E-state index contributed by atoms with van der Waals surface area (Å²) in [6, 6.07) is 3.21. The number of hydrogen-bond acceptors (Lipinski definition) is 3. The molecule has 106 valence electrons. The molecule has 1 atom stereocenters. The molecule has 0 bridgehead atoms. The van der Waals surface area contributed by atoms with Crippen LogP contribution < -0.4 is 0 Å². The Kier molecular flexibility index (Phi) is 5.05. The lowest BCUT2D eigenvalue weighted by Gasteiger charge is -2.19. The van der Waals surface area contributed by atoms with Crippen molar-refractivity contribution in [2.24, 2.45) is 5.92 Å². The maximum atomic E-state index is 12.9. The number of carbonyl (C=O) groups is 1. The maximum Gasteiger partial charge on any atom is 0.307 e. The van der Waals surface area contributed by atoms with Crippen LogP contribution in [-0.2, 0) is 14.8 Å². The van der Waals surface area contributed by atoms with Crippen LogP contribution in [0.1, 0.15) is 6.92 Å². The summed E-state index contributed by atoms with van der Waals surface area (Å²) in [6.45, 7) is 1.25. The van der Waals surface area contributed by atoms with Gasteiger partial charge < -0.3 is 5.11 Å². The Morgan fingerprint density at radius 2 is 2.11 bits per heavy atom. The summed E-state index contributed by atoms with van der Waals surface area (Å²) in [5.74, 6) is -2.48. The van der Waals surface area contributed by atoms with E-state index in [0.717, 1.165) is 22.5 Å². The maximum absolute atomic E-state index is 12.9. The van der Waals surface area contributed by atoms with Gasteiger partial charge in [0.25, 0.3) is 0 Å². The van der Waals surface area contributed by atoms with Crippen LogP contribution in [0, 0.1) is 11.7 Å². The Balaban J connectivity index is 3.06. The fraction of sp³-hybridized carbons (Fsp3) is 0.364. The van der Waals surface area contributed by atoms with Crippen molar-refractivity contribution in [3.8, 4) is 0 Å². The van der Waals surface area contributed by atoms with Gasteiger partial charge in [-0.05, 0) is 34.1 Å². The van der Waals surface area contributed by atoms with Crippen LogP contribution in [0.3, 0.4) is 0 Å². The fourth-order valence-electron chi connectivity index (χ4n) is 1.41. The van der Waals surface area contributed by atoms with Gasteiger partial charge in [-0.1, -0.05) is 6.92 Å². The van der Waals surface area contributed by atoms with Crippen LogP contribution in [0.5, 0.6) is 0 Å². The normalized spacial score (nSPS) is 13.5. The van der Waals surface area contributed by atoms with Crippen LogP contribution >= 0.6 is 15.9 Å². The molecule has 1 aromatic carbocycles. The minimum absolute atomic E-state index is 0.0994. The van der Waals surface area contributed by atoms with E-state index in [1.165, 1.54) is 14.0 Å². The van der Waals surface area contributed by atoms with Crippen molar-refractivity contribution >= 4 is 31.9 Å². The van der Waals surface area contributed by atoms with Gasteiger partial charge in [-0.15, -0.1) is 0 Å². The molecule has 8 heteroatoms. The number of aliphatic carboxylic acids is 1. The Hall–Kier alpha value is -0.990. The summed E-state index contributed by atoms with van der Waals surface area (Å²) in [5, 5.41) is 8.78. The minimum Gasteiger partial charge on any atom is -0.481 e. The first kappa shape index (κ1) is 16.1. The third-order valence-electron chi connectivity index (χ3n) is 2.53. The zero-order valence-electron chi connectivity index (χ0n) is 10.3. The van der Waals surface area contributed by atoms with Crippen LogP contribution in [0.4, 0.5) is 4.39 Å². The molecular formula is C11H13BrFNO4S. The molecule has 0 saturated heterocycles. The summed E-state index contributed by atoms with van der Waals surface area (Å²) >= 11 is 2.98. The number of benzene rings is 1. The summed E-state index contributed by atoms with van der Waals surface area (Å²) in [5.41, 5.74) is 0. The van der Waals surface area contributed by atoms with E-state index in [0.29, 0.717) is 0 Å². The monoisotopic (exact) mass is 353 g/mol. The van der Waals surface area contributed by atoms with Crippen LogP contribution in [0.25, 0.3) is 0 Å². The van der Waals surface area contributed by atoms with Crippen molar-refractivity contribution in [2.75, 3.05) is 13.6 Å². The molecule has 19 heavy (non-hydrogen) atoms. The van der Waals surface area contributed by atoms with E-state index in [1.54, 1.807) is 0 Å². The molecule has 1 unspecified atom stereocenters. The molecular weight excluding hydrogens is 341 g/mol. The number of sulfonamides is 1. The van der Waals surface area contributed by atoms with Gasteiger partial charge in [-0.3, -0.25) is 4.79 Å². The second-order valence-electron chi connectivity index (χ2n) is 4.10. The lowest BCUT2D eigenvalue weighted by Crippen LogP contribution is -2.33. The molecule has 0 aromatic heterocycles. The molecule has 0 radical (unpaired) electrons. The van der Waals surface area contributed by atoms with Gasteiger partial charge in [0.05, 0.1) is 10.8 Å². The quantitative estimate of drug-likeness (QED) is 0.877. The fourth-order valence-corrected chi connectivity index (χ4v) is 3.68. The molecule has 0 amide bonds. The third-order valence-corrected chi connectivity index (χ3v) is 5.33. The molecule has 1 N–H and O–H groups in total.